The van der Waals surface area contributed by atoms with Gasteiger partial charge in [-0.1, -0.05) is 17.7 Å². The van der Waals surface area contributed by atoms with Gasteiger partial charge in [-0.25, -0.2) is 9.97 Å². The first-order valence-electron chi connectivity index (χ1n) is 8.09. The second kappa shape index (κ2) is 6.51. The minimum absolute atomic E-state index is 0.0481. The van der Waals surface area contributed by atoms with Crippen LogP contribution in [-0.4, -0.2) is 28.5 Å². The Bertz CT molecular complexity index is 1010. The number of anilines is 2. The second-order valence-electron chi connectivity index (χ2n) is 6.01. The summed E-state index contributed by atoms with van der Waals surface area (Å²) < 4.78 is 10.8. The molecular weight excluding hydrogens is 356 g/mol. The Morgan fingerprint density at radius 3 is 2.73 bits per heavy atom. The molecule has 1 aliphatic heterocycles. The van der Waals surface area contributed by atoms with Crippen LogP contribution in [0, 0.1) is 0 Å². The number of fused-ring (bicyclic) bond motifs is 2. The quantitative estimate of drug-likeness (QED) is 0.601. The average Bonchev–Trinajstić information content (AvgIpc) is 3.07. The maximum atomic E-state index is 9.25. The summed E-state index contributed by atoms with van der Waals surface area (Å²) in [5, 5.41) is 10.2. The van der Waals surface area contributed by atoms with Crippen molar-refractivity contribution in [1.29, 1.82) is 0 Å². The topological polar surface area (TPSA) is 117 Å². The van der Waals surface area contributed by atoms with Crippen LogP contribution in [-0.2, 0) is 12.8 Å². The molecule has 5 N–H and O–H groups in total. The molecule has 8 heteroatoms. The van der Waals surface area contributed by atoms with E-state index in [1.807, 2.05) is 18.2 Å². The van der Waals surface area contributed by atoms with Gasteiger partial charge in [0, 0.05) is 18.2 Å². The SMILES string of the molecule is Nc1cc2nc(CCO)nc(Cc3ccc4c(c3)OCO4)c2c(N)c1Cl. The van der Waals surface area contributed by atoms with Crippen molar-refractivity contribution >= 4 is 33.9 Å². The van der Waals surface area contributed by atoms with Crippen LogP contribution in [0.2, 0.25) is 5.02 Å². The Morgan fingerprint density at radius 2 is 1.92 bits per heavy atom. The third-order valence-corrected chi connectivity index (χ3v) is 4.68. The van der Waals surface area contributed by atoms with Crippen LogP contribution in [0.25, 0.3) is 10.9 Å². The molecule has 0 amide bonds. The number of benzene rings is 2. The number of rotatable bonds is 4. The van der Waals surface area contributed by atoms with Crippen molar-refractivity contribution in [3.63, 3.8) is 0 Å². The lowest BCUT2D eigenvalue weighted by atomic mass is 10.0. The van der Waals surface area contributed by atoms with E-state index < -0.39 is 0 Å². The van der Waals surface area contributed by atoms with Crippen molar-refractivity contribution in [3.8, 4) is 11.5 Å². The molecule has 0 saturated carbocycles. The predicted molar refractivity (Wildman–Crippen MR) is 99.5 cm³/mol. The minimum Gasteiger partial charge on any atom is -0.454 e. The van der Waals surface area contributed by atoms with E-state index in [-0.39, 0.29) is 13.4 Å². The third kappa shape index (κ3) is 2.85. The monoisotopic (exact) mass is 372 g/mol. The number of aliphatic hydroxyl groups is 1. The average molecular weight is 373 g/mol. The van der Waals surface area contributed by atoms with Gasteiger partial charge in [0.05, 0.1) is 34.2 Å². The van der Waals surface area contributed by atoms with E-state index in [4.69, 9.17) is 32.5 Å². The first-order chi connectivity index (χ1) is 12.6. The highest BCUT2D eigenvalue weighted by Crippen LogP contribution is 2.37. The summed E-state index contributed by atoms with van der Waals surface area (Å²) in [7, 11) is 0. The standard InChI is InChI=1S/C18H17ClN4O3/c19-17-10(20)7-12-16(18(17)21)11(22-15(23-12)3-4-24)5-9-1-2-13-14(6-9)26-8-25-13/h1-2,6-7,24H,3-5,8,20-21H2. The van der Waals surface area contributed by atoms with Gasteiger partial charge in [0.25, 0.3) is 0 Å². The van der Waals surface area contributed by atoms with Crippen LogP contribution < -0.4 is 20.9 Å². The zero-order chi connectivity index (χ0) is 18.3. The Hall–Kier alpha value is -2.77. The van der Waals surface area contributed by atoms with Gasteiger partial charge in [-0.05, 0) is 23.8 Å². The smallest absolute Gasteiger partial charge is 0.231 e. The molecule has 0 spiro atoms. The third-order valence-electron chi connectivity index (χ3n) is 4.25. The molecule has 1 aliphatic rings. The fourth-order valence-electron chi connectivity index (χ4n) is 3.04. The van der Waals surface area contributed by atoms with Gasteiger partial charge in [-0.3, -0.25) is 0 Å². The van der Waals surface area contributed by atoms with E-state index in [0.717, 1.165) is 17.0 Å². The van der Waals surface area contributed by atoms with Crippen LogP contribution in [0.1, 0.15) is 17.1 Å². The molecule has 2 heterocycles. The van der Waals surface area contributed by atoms with Crippen LogP contribution >= 0.6 is 11.6 Å². The van der Waals surface area contributed by atoms with Gasteiger partial charge in [0.15, 0.2) is 11.5 Å². The van der Waals surface area contributed by atoms with Gasteiger partial charge >= 0.3 is 0 Å². The zero-order valence-electron chi connectivity index (χ0n) is 13.8. The van der Waals surface area contributed by atoms with Crippen molar-refractivity contribution in [2.24, 2.45) is 0 Å². The molecule has 26 heavy (non-hydrogen) atoms. The number of hydrogen-bond acceptors (Lipinski definition) is 7. The van der Waals surface area contributed by atoms with Gasteiger partial charge in [-0.2, -0.15) is 0 Å². The number of ether oxygens (including phenoxy) is 2. The highest BCUT2D eigenvalue weighted by atomic mass is 35.5. The van der Waals surface area contributed by atoms with Crippen LogP contribution in [0.5, 0.6) is 11.5 Å². The Morgan fingerprint density at radius 1 is 1.12 bits per heavy atom. The fraction of sp³-hybridized carbons (Fsp3) is 0.222. The summed E-state index contributed by atoms with van der Waals surface area (Å²) in [6.07, 6.45) is 0.838. The first-order valence-corrected chi connectivity index (χ1v) is 8.47. The van der Waals surface area contributed by atoms with Gasteiger partial charge in [-0.15, -0.1) is 0 Å². The number of halogens is 1. The van der Waals surface area contributed by atoms with E-state index in [1.165, 1.54) is 0 Å². The molecule has 2 aromatic carbocycles. The van der Waals surface area contributed by atoms with Gasteiger partial charge < -0.3 is 26.0 Å². The predicted octanol–water partition coefficient (Wildman–Crippen LogP) is 2.30. The summed E-state index contributed by atoms with van der Waals surface area (Å²) in [4.78, 5) is 9.04. The van der Waals surface area contributed by atoms with E-state index >= 15 is 0 Å². The summed E-state index contributed by atoms with van der Waals surface area (Å²) in [6.45, 7) is 0.172. The summed E-state index contributed by atoms with van der Waals surface area (Å²) in [6, 6.07) is 7.41. The molecule has 0 atom stereocenters. The number of nitrogens with two attached hydrogens (primary N) is 2. The highest BCUT2D eigenvalue weighted by molar-refractivity contribution is 6.37. The molecule has 0 bridgehead atoms. The normalized spacial score (nSPS) is 12.7. The van der Waals surface area contributed by atoms with Crippen molar-refractivity contribution in [2.75, 3.05) is 24.9 Å². The minimum atomic E-state index is -0.0481. The molecule has 3 aromatic rings. The number of nitrogens with zero attached hydrogens (tertiary/aromatic N) is 2. The van der Waals surface area contributed by atoms with Gasteiger partial charge in [0.2, 0.25) is 6.79 Å². The summed E-state index contributed by atoms with van der Waals surface area (Å²) >= 11 is 6.23. The van der Waals surface area contributed by atoms with E-state index in [1.54, 1.807) is 6.07 Å². The fourth-order valence-corrected chi connectivity index (χ4v) is 3.19. The molecule has 0 fully saturated rings. The van der Waals surface area contributed by atoms with Crippen LogP contribution in [0.15, 0.2) is 24.3 Å². The lowest BCUT2D eigenvalue weighted by molar-refractivity contribution is 0.174. The number of aromatic nitrogens is 2. The second-order valence-corrected chi connectivity index (χ2v) is 6.39. The van der Waals surface area contributed by atoms with E-state index in [2.05, 4.69) is 9.97 Å². The molecule has 0 unspecified atom stereocenters. The maximum absolute atomic E-state index is 9.25. The van der Waals surface area contributed by atoms with Crippen molar-refractivity contribution < 1.29 is 14.6 Å². The molecule has 4 rings (SSSR count). The zero-order valence-corrected chi connectivity index (χ0v) is 14.6. The Balaban J connectivity index is 1.85. The molecule has 0 saturated heterocycles. The Kier molecular flexibility index (Phi) is 4.18. The highest BCUT2D eigenvalue weighted by Gasteiger charge is 2.18. The largest absolute Gasteiger partial charge is 0.454 e. The molecule has 134 valence electrons. The number of nitrogen functional groups attached to an aromatic ring is 2. The molecular formula is C18H17ClN4O3. The van der Waals surface area contributed by atoms with Crippen molar-refractivity contribution in [1.82, 2.24) is 9.97 Å². The summed E-state index contributed by atoms with van der Waals surface area (Å²) in [5.74, 6) is 1.95. The van der Waals surface area contributed by atoms with Crippen molar-refractivity contribution in [2.45, 2.75) is 12.8 Å². The molecule has 1 aromatic heterocycles. The molecule has 7 nitrogen and oxygen atoms in total. The molecule has 0 aliphatic carbocycles. The van der Waals surface area contributed by atoms with Crippen LogP contribution in [0.3, 0.4) is 0 Å². The van der Waals surface area contributed by atoms with Crippen LogP contribution in [0.4, 0.5) is 11.4 Å². The van der Waals surface area contributed by atoms with E-state index in [9.17, 15) is 5.11 Å². The maximum Gasteiger partial charge on any atom is 0.231 e. The number of hydrogen-bond donors (Lipinski definition) is 3. The lowest BCUT2D eigenvalue weighted by Gasteiger charge is -2.13. The lowest BCUT2D eigenvalue weighted by Crippen LogP contribution is -2.07. The Labute approximate surface area is 154 Å². The van der Waals surface area contributed by atoms with E-state index in [0.29, 0.717) is 51.7 Å². The van der Waals surface area contributed by atoms with Crippen molar-refractivity contribution in [3.05, 3.63) is 46.4 Å². The molecule has 0 radical (unpaired) electrons. The summed E-state index contributed by atoms with van der Waals surface area (Å²) in [5.41, 5.74) is 15.2. The first kappa shape index (κ1) is 16.7. The van der Waals surface area contributed by atoms with Gasteiger partial charge in [0.1, 0.15) is 5.82 Å². The number of aliphatic hydroxyl groups excluding tert-OH is 1.